The Morgan fingerprint density at radius 2 is 2.36 bits per heavy atom. The van der Waals surface area contributed by atoms with E-state index in [0.717, 1.165) is 0 Å². The molecule has 2 nitrogen and oxygen atoms in total. The quantitative estimate of drug-likeness (QED) is 0.178. The Hall–Kier alpha value is -1.67. The third-order valence-corrected chi connectivity index (χ3v) is 0.780. The second-order valence-corrected chi connectivity index (χ2v) is 1.48. The first kappa shape index (κ1) is 9.33. The molecule has 56 valence electrons. The minimum absolute atomic E-state index is 0.578. The van der Waals surface area contributed by atoms with Gasteiger partial charge >= 0.3 is 5.94 Å². The fourth-order valence-electron chi connectivity index (χ4n) is 0.345. The van der Waals surface area contributed by atoms with Crippen LogP contribution in [0.3, 0.4) is 0 Å². The van der Waals surface area contributed by atoms with E-state index < -0.39 is 0 Å². The van der Waals surface area contributed by atoms with E-state index in [4.69, 9.17) is 0 Å². The average Bonchev–Trinajstić information content (AvgIpc) is 2.05. The van der Waals surface area contributed by atoms with Gasteiger partial charge in [0.15, 0.2) is 0 Å². The molecule has 0 aromatic carbocycles. The van der Waals surface area contributed by atoms with E-state index >= 15 is 0 Å². The normalized spacial score (nSPS) is 6.00. The zero-order valence-corrected chi connectivity index (χ0v) is 6.60. The molecule has 2 heteroatoms. The first-order valence-corrected chi connectivity index (χ1v) is 2.92. The van der Waals surface area contributed by atoms with Crippen LogP contribution in [0.25, 0.3) is 0 Å². The topological polar surface area (TPSA) is 20.5 Å². The van der Waals surface area contributed by atoms with Crippen molar-refractivity contribution < 1.29 is 9.16 Å². The minimum Gasteiger partial charge on any atom is -0.450 e. The molecule has 0 radical (unpaired) electrons. The highest BCUT2D eigenvalue weighted by molar-refractivity contribution is 5.51. The van der Waals surface area contributed by atoms with Gasteiger partial charge in [0.25, 0.3) is 7.11 Å². The zero-order valence-electron chi connectivity index (χ0n) is 6.60. The number of ether oxygens (including phenoxy) is 1. The Morgan fingerprint density at radius 1 is 1.64 bits per heavy atom. The summed E-state index contributed by atoms with van der Waals surface area (Å²) in [4.78, 5) is 0. The largest absolute Gasteiger partial charge is 0.450 e. The number of methoxy groups -OCH3 is 1. The van der Waals surface area contributed by atoms with Crippen molar-refractivity contribution in [2.24, 2.45) is 0 Å². The summed E-state index contributed by atoms with van der Waals surface area (Å²) in [5.74, 6) is 5.02. The number of allylic oxidation sites excluding steroid dienone is 2. The van der Waals surface area contributed by atoms with Gasteiger partial charge in [-0.3, -0.25) is 0 Å². The first-order chi connectivity index (χ1) is 5.35. The van der Waals surface area contributed by atoms with Gasteiger partial charge in [-0.2, -0.15) is 4.42 Å². The molecule has 0 aliphatic heterocycles. The summed E-state index contributed by atoms with van der Waals surface area (Å²) in [6, 6.07) is 0. The minimum atomic E-state index is 0.578. The van der Waals surface area contributed by atoms with Gasteiger partial charge in [-0.05, 0) is 12.0 Å². The van der Waals surface area contributed by atoms with Gasteiger partial charge in [0.2, 0.25) is 0 Å². The van der Waals surface area contributed by atoms with Gasteiger partial charge in [-0.1, -0.05) is 6.58 Å². The van der Waals surface area contributed by atoms with Crippen LogP contribution < -0.4 is 0 Å². The van der Waals surface area contributed by atoms with E-state index in [1.165, 1.54) is 20.3 Å². The number of hydrogen-bond acceptors (Lipinski definition) is 1. The van der Waals surface area contributed by atoms with Crippen molar-refractivity contribution in [3.05, 3.63) is 24.0 Å². The molecule has 0 rings (SSSR count). The highest BCUT2D eigenvalue weighted by Gasteiger charge is 1.80. The molecule has 0 amide bonds. The van der Waals surface area contributed by atoms with Crippen LogP contribution in [0.1, 0.15) is 0 Å². The second-order valence-electron chi connectivity index (χ2n) is 1.48. The molecule has 0 saturated carbocycles. The molecule has 0 atom stereocenters. The molecule has 0 heterocycles. The lowest BCUT2D eigenvalue weighted by atomic mass is 10.3. The lowest BCUT2D eigenvalue weighted by Gasteiger charge is -1.77. The molecule has 0 spiro atoms. The molecule has 0 aromatic heterocycles. The SMILES string of the molecule is C=CC(=C=C=[O+]C)C#COC. The third kappa shape index (κ3) is 4.81. The molecule has 0 fully saturated rings. The van der Waals surface area contributed by atoms with Crippen LogP contribution >= 0.6 is 0 Å². The molecule has 0 N–H and O–H groups in total. The monoisotopic (exact) mass is 149 g/mol. The summed E-state index contributed by atoms with van der Waals surface area (Å²) >= 11 is 0. The van der Waals surface area contributed by atoms with E-state index in [2.05, 4.69) is 39.4 Å². The summed E-state index contributed by atoms with van der Waals surface area (Å²) in [5, 5.41) is 0. The maximum atomic E-state index is 4.52. The number of rotatable bonds is 1. The number of carbonyl (C=O) groups excluding carboxylic acids is 1. The maximum Gasteiger partial charge on any atom is 0.399 e. The Bertz CT molecular complexity index is 276. The molecule has 0 aliphatic carbocycles. The molecule has 11 heavy (non-hydrogen) atoms. The summed E-state index contributed by atoms with van der Waals surface area (Å²) in [7, 11) is 2.97. The fourth-order valence-corrected chi connectivity index (χ4v) is 0.345. The van der Waals surface area contributed by atoms with Crippen LogP contribution in [0.4, 0.5) is 0 Å². The van der Waals surface area contributed by atoms with Crippen molar-refractivity contribution in [3.8, 4) is 12.0 Å². The highest BCUT2D eigenvalue weighted by atomic mass is 16.5. The summed E-state index contributed by atoms with van der Waals surface area (Å²) in [5.41, 5.74) is 3.20. The van der Waals surface area contributed by atoms with Gasteiger partial charge in [0.05, 0.1) is 18.4 Å². The van der Waals surface area contributed by atoms with Crippen LogP contribution in [0.2, 0.25) is 0 Å². The molecular formula is C9H9O2+. The lowest BCUT2D eigenvalue weighted by molar-refractivity contribution is 0.189. The van der Waals surface area contributed by atoms with E-state index in [1.54, 1.807) is 0 Å². The molecule has 0 aromatic rings. The van der Waals surface area contributed by atoms with E-state index in [-0.39, 0.29) is 0 Å². The third-order valence-electron chi connectivity index (χ3n) is 0.780. The maximum absolute atomic E-state index is 4.52. The predicted molar refractivity (Wildman–Crippen MR) is 43.6 cm³/mol. The van der Waals surface area contributed by atoms with Gasteiger partial charge in [-0.25, -0.2) is 0 Å². The zero-order chi connectivity index (χ0) is 8.53. The Balaban J connectivity index is 4.68. The van der Waals surface area contributed by atoms with Gasteiger partial charge < -0.3 is 4.74 Å². The average molecular weight is 149 g/mol. The Kier molecular flexibility index (Phi) is 5.47. The van der Waals surface area contributed by atoms with Crippen LogP contribution in [-0.4, -0.2) is 20.2 Å². The number of hydrogen-bond donors (Lipinski definition) is 0. The standard InChI is InChI=1S/C9H9O2/c1-4-9(5-7-10-2)6-8-11-3/h4H,1H2,2-3H3/q+1. The fraction of sp³-hybridized carbons (Fsp3) is 0.222. The predicted octanol–water partition coefficient (Wildman–Crippen LogP) is 0.858. The summed E-state index contributed by atoms with van der Waals surface area (Å²) in [6.07, 6.45) is 3.93. The van der Waals surface area contributed by atoms with Gasteiger partial charge in [0, 0.05) is 0 Å². The van der Waals surface area contributed by atoms with Crippen molar-refractivity contribution in [3.63, 3.8) is 0 Å². The molecule has 0 aliphatic rings. The summed E-state index contributed by atoms with van der Waals surface area (Å²) in [6.45, 7) is 3.51. The van der Waals surface area contributed by atoms with Crippen LogP contribution in [-0.2, 0) is 9.16 Å². The van der Waals surface area contributed by atoms with Crippen LogP contribution in [0.5, 0.6) is 0 Å². The first-order valence-electron chi connectivity index (χ1n) is 2.92. The van der Waals surface area contributed by atoms with Crippen LogP contribution in [0, 0.1) is 12.0 Å². The molecule has 0 saturated heterocycles. The van der Waals surface area contributed by atoms with Gasteiger partial charge in [-0.15, -0.1) is 0 Å². The van der Waals surface area contributed by atoms with Crippen molar-refractivity contribution in [1.82, 2.24) is 0 Å². The van der Waals surface area contributed by atoms with Crippen molar-refractivity contribution in [2.45, 2.75) is 0 Å². The second kappa shape index (κ2) is 6.45. The van der Waals surface area contributed by atoms with Crippen molar-refractivity contribution in [1.29, 1.82) is 0 Å². The molecular weight excluding hydrogens is 140 g/mol. The van der Waals surface area contributed by atoms with E-state index in [9.17, 15) is 0 Å². The smallest absolute Gasteiger partial charge is 0.399 e. The molecule has 0 unspecified atom stereocenters. The highest BCUT2D eigenvalue weighted by Crippen LogP contribution is 1.86. The van der Waals surface area contributed by atoms with Gasteiger partial charge in [0.1, 0.15) is 6.11 Å². The van der Waals surface area contributed by atoms with Crippen molar-refractivity contribution in [2.75, 3.05) is 14.2 Å². The Labute approximate surface area is 66.2 Å². The lowest BCUT2D eigenvalue weighted by Crippen LogP contribution is -1.70. The van der Waals surface area contributed by atoms with Crippen molar-refractivity contribution >= 4 is 5.94 Å². The summed E-state index contributed by atoms with van der Waals surface area (Å²) < 4.78 is 9.03. The van der Waals surface area contributed by atoms with Crippen LogP contribution in [0.15, 0.2) is 24.0 Å². The van der Waals surface area contributed by atoms with E-state index in [1.807, 2.05) is 0 Å². The van der Waals surface area contributed by atoms with E-state index in [0.29, 0.717) is 5.57 Å². The molecule has 0 bridgehead atoms. The Morgan fingerprint density at radius 3 is 2.82 bits per heavy atom.